The quantitative estimate of drug-likeness (QED) is 0.423. The third kappa shape index (κ3) is 6.18. The summed E-state index contributed by atoms with van der Waals surface area (Å²) in [5, 5.41) is 0. The van der Waals surface area contributed by atoms with Crippen molar-refractivity contribution in [3.63, 3.8) is 0 Å². The molecule has 5 heteroatoms. The lowest BCUT2D eigenvalue weighted by molar-refractivity contribution is -0.145. The standard InChI is InChI=1S/C14H22N2O3/c1-3-4-5-6-7-8-13(18)19-10-12-9-15-14(16-12)11(2)17/h9H,3-8,10H2,1-2H3,(H,15,16). The van der Waals surface area contributed by atoms with Gasteiger partial charge in [0.2, 0.25) is 0 Å². The second-order valence-electron chi connectivity index (χ2n) is 4.62. The molecule has 0 saturated carbocycles. The maximum Gasteiger partial charge on any atom is 0.306 e. The molecule has 0 amide bonds. The Morgan fingerprint density at radius 2 is 2.00 bits per heavy atom. The van der Waals surface area contributed by atoms with Crippen LogP contribution in [0.3, 0.4) is 0 Å². The SMILES string of the molecule is CCCCCCCC(=O)OCc1c[nH]c(C(C)=O)n1. The fourth-order valence-electron chi connectivity index (χ4n) is 1.71. The van der Waals surface area contributed by atoms with Crippen LogP contribution in [0.2, 0.25) is 0 Å². The lowest BCUT2D eigenvalue weighted by atomic mass is 10.1. The highest BCUT2D eigenvalue weighted by atomic mass is 16.5. The van der Waals surface area contributed by atoms with Crippen molar-refractivity contribution < 1.29 is 14.3 Å². The molecule has 1 aromatic rings. The summed E-state index contributed by atoms with van der Waals surface area (Å²) in [7, 11) is 0. The number of ether oxygens (including phenoxy) is 1. The molecule has 0 aliphatic heterocycles. The molecule has 0 saturated heterocycles. The van der Waals surface area contributed by atoms with Gasteiger partial charge in [-0.2, -0.15) is 0 Å². The van der Waals surface area contributed by atoms with Crippen LogP contribution in [-0.2, 0) is 16.1 Å². The Morgan fingerprint density at radius 3 is 2.63 bits per heavy atom. The molecule has 1 rings (SSSR count). The van der Waals surface area contributed by atoms with E-state index in [1.54, 1.807) is 6.20 Å². The number of ketones is 1. The van der Waals surface area contributed by atoms with Crippen LogP contribution in [0.15, 0.2) is 6.20 Å². The van der Waals surface area contributed by atoms with E-state index >= 15 is 0 Å². The summed E-state index contributed by atoms with van der Waals surface area (Å²) in [5.74, 6) is -0.0389. The Balaban J connectivity index is 2.17. The Morgan fingerprint density at radius 1 is 1.26 bits per heavy atom. The van der Waals surface area contributed by atoms with Gasteiger partial charge in [-0.25, -0.2) is 4.98 Å². The molecule has 0 radical (unpaired) electrons. The van der Waals surface area contributed by atoms with Crippen molar-refractivity contribution in [1.82, 2.24) is 9.97 Å². The van der Waals surface area contributed by atoms with Gasteiger partial charge in [0.05, 0.1) is 5.69 Å². The molecule has 0 aliphatic carbocycles. The zero-order valence-electron chi connectivity index (χ0n) is 11.7. The fraction of sp³-hybridized carbons (Fsp3) is 0.643. The van der Waals surface area contributed by atoms with Gasteiger partial charge in [-0.15, -0.1) is 0 Å². The first-order chi connectivity index (χ1) is 9.13. The van der Waals surface area contributed by atoms with Gasteiger partial charge < -0.3 is 9.72 Å². The van der Waals surface area contributed by atoms with Crippen LogP contribution < -0.4 is 0 Å². The average molecular weight is 266 g/mol. The van der Waals surface area contributed by atoms with Crippen molar-refractivity contribution in [3.05, 3.63) is 17.7 Å². The minimum Gasteiger partial charge on any atom is -0.459 e. The molecule has 1 aromatic heterocycles. The molecule has 0 spiro atoms. The smallest absolute Gasteiger partial charge is 0.306 e. The van der Waals surface area contributed by atoms with Gasteiger partial charge in [0.1, 0.15) is 6.61 Å². The summed E-state index contributed by atoms with van der Waals surface area (Å²) in [5.41, 5.74) is 0.574. The number of carbonyl (C=O) groups excluding carboxylic acids is 2. The number of Topliss-reactive ketones (excluding diaryl/α,β-unsaturated/α-hetero) is 1. The number of imidazole rings is 1. The van der Waals surface area contributed by atoms with Gasteiger partial charge in [0, 0.05) is 19.5 Å². The highest BCUT2D eigenvalue weighted by Gasteiger charge is 2.08. The van der Waals surface area contributed by atoms with Gasteiger partial charge >= 0.3 is 5.97 Å². The van der Waals surface area contributed by atoms with Crippen molar-refractivity contribution in [2.24, 2.45) is 0 Å². The monoisotopic (exact) mass is 266 g/mol. The largest absolute Gasteiger partial charge is 0.459 e. The molecule has 0 atom stereocenters. The lowest BCUT2D eigenvalue weighted by Crippen LogP contribution is -2.05. The second-order valence-corrected chi connectivity index (χ2v) is 4.62. The van der Waals surface area contributed by atoms with Crippen LogP contribution in [0.1, 0.15) is 68.7 Å². The molecule has 1 N–H and O–H groups in total. The number of hydrogen-bond donors (Lipinski definition) is 1. The molecular weight excluding hydrogens is 244 g/mol. The van der Waals surface area contributed by atoms with E-state index < -0.39 is 0 Å². The summed E-state index contributed by atoms with van der Waals surface area (Å²) < 4.78 is 5.09. The Kier molecular flexibility index (Phi) is 6.85. The third-order valence-electron chi connectivity index (χ3n) is 2.83. The Labute approximate surface area is 113 Å². The number of rotatable bonds is 9. The predicted octanol–water partition coefficient (Wildman–Crippen LogP) is 3.02. The molecule has 0 aromatic carbocycles. The lowest BCUT2D eigenvalue weighted by Gasteiger charge is -2.02. The van der Waals surface area contributed by atoms with E-state index in [9.17, 15) is 9.59 Å². The minimum absolute atomic E-state index is 0.123. The number of nitrogens with zero attached hydrogens (tertiary/aromatic N) is 1. The van der Waals surface area contributed by atoms with Crippen LogP contribution in [0.4, 0.5) is 0 Å². The Bertz CT molecular complexity index is 413. The van der Waals surface area contributed by atoms with Crippen LogP contribution in [0, 0.1) is 0 Å². The number of unbranched alkanes of at least 4 members (excludes halogenated alkanes) is 4. The number of esters is 1. The zero-order chi connectivity index (χ0) is 14.1. The number of nitrogens with one attached hydrogen (secondary N) is 1. The van der Waals surface area contributed by atoms with Crippen LogP contribution in [-0.4, -0.2) is 21.7 Å². The summed E-state index contributed by atoms with van der Waals surface area (Å²) in [6, 6.07) is 0. The van der Waals surface area contributed by atoms with Crippen LogP contribution in [0.25, 0.3) is 0 Å². The van der Waals surface area contributed by atoms with Gasteiger partial charge in [-0.1, -0.05) is 32.6 Å². The average Bonchev–Trinajstić information content (AvgIpc) is 2.85. The van der Waals surface area contributed by atoms with Gasteiger partial charge in [0.15, 0.2) is 11.6 Å². The minimum atomic E-state index is -0.205. The van der Waals surface area contributed by atoms with E-state index in [2.05, 4.69) is 16.9 Å². The first kappa shape index (κ1) is 15.4. The number of H-pyrrole nitrogens is 1. The predicted molar refractivity (Wildman–Crippen MR) is 71.8 cm³/mol. The summed E-state index contributed by atoms with van der Waals surface area (Å²) in [6.07, 6.45) is 7.57. The molecule has 1 heterocycles. The number of aromatic amines is 1. The van der Waals surface area contributed by atoms with Crippen molar-refractivity contribution >= 4 is 11.8 Å². The number of hydrogen-bond acceptors (Lipinski definition) is 4. The maximum atomic E-state index is 11.5. The number of aromatic nitrogens is 2. The van der Waals surface area contributed by atoms with Gasteiger partial charge in [-0.05, 0) is 6.42 Å². The second kappa shape index (κ2) is 8.45. The van der Waals surface area contributed by atoms with Gasteiger partial charge in [0.25, 0.3) is 0 Å². The van der Waals surface area contributed by atoms with Crippen molar-refractivity contribution in [2.75, 3.05) is 0 Å². The van der Waals surface area contributed by atoms with Crippen LogP contribution in [0.5, 0.6) is 0 Å². The summed E-state index contributed by atoms with van der Waals surface area (Å²) in [6.45, 7) is 3.72. The molecule has 0 unspecified atom stereocenters. The normalized spacial score (nSPS) is 10.4. The highest BCUT2D eigenvalue weighted by molar-refractivity contribution is 5.90. The first-order valence-corrected chi connectivity index (χ1v) is 6.84. The number of carbonyl (C=O) groups is 2. The van der Waals surface area contributed by atoms with Crippen molar-refractivity contribution in [3.8, 4) is 0 Å². The van der Waals surface area contributed by atoms with E-state index in [1.165, 1.54) is 26.2 Å². The van der Waals surface area contributed by atoms with Gasteiger partial charge in [-0.3, -0.25) is 9.59 Å². The van der Waals surface area contributed by atoms with E-state index in [4.69, 9.17) is 4.74 Å². The fourth-order valence-corrected chi connectivity index (χ4v) is 1.71. The van der Waals surface area contributed by atoms with Crippen molar-refractivity contribution in [1.29, 1.82) is 0 Å². The van der Waals surface area contributed by atoms with E-state index in [0.717, 1.165) is 12.8 Å². The van der Waals surface area contributed by atoms with Crippen molar-refractivity contribution in [2.45, 2.75) is 59.0 Å². The molecule has 0 bridgehead atoms. The summed E-state index contributed by atoms with van der Waals surface area (Å²) in [4.78, 5) is 29.2. The first-order valence-electron chi connectivity index (χ1n) is 6.84. The van der Waals surface area contributed by atoms with Crippen LogP contribution >= 0.6 is 0 Å². The molecular formula is C14H22N2O3. The molecule has 0 aliphatic rings. The molecule has 5 nitrogen and oxygen atoms in total. The maximum absolute atomic E-state index is 11.5. The van der Waals surface area contributed by atoms with E-state index in [0.29, 0.717) is 17.9 Å². The highest BCUT2D eigenvalue weighted by Crippen LogP contribution is 2.07. The van der Waals surface area contributed by atoms with E-state index in [-0.39, 0.29) is 18.4 Å². The van der Waals surface area contributed by atoms with E-state index in [1.807, 2.05) is 0 Å². The zero-order valence-corrected chi connectivity index (χ0v) is 11.7. The molecule has 106 valence electrons. The molecule has 19 heavy (non-hydrogen) atoms. The summed E-state index contributed by atoms with van der Waals surface area (Å²) >= 11 is 0. The molecule has 0 fully saturated rings. The Hall–Kier alpha value is -1.65. The third-order valence-corrected chi connectivity index (χ3v) is 2.83. The topological polar surface area (TPSA) is 72.1 Å².